The van der Waals surface area contributed by atoms with Crippen LogP contribution in [0.1, 0.15) is 26.3 Å². The van der Waals surface area contributed by atoms with Gasteiger partial charge in [0, 0.05) is 12.6 Å². The van der Waals surface area contributed by atoms with Crippen molar-refractivity contribution in [3.8, 4) is 5.75 Å². The second-order valence-corrected chi connectivity index (χ2v) is 4.34. The van der Waals surface area contributed by atoms with Crippen LogP contribution in [0.4, 0.5) is 0 Å². The van der Waals surface area contributed by atoms with Gasteiger partial charge < -0.3 is 15.8 Å². The molecule has 0 aliphatic rings. The maximum atomic E-state index is 10.8. The van der Waals surface area contributed by atoms with E-state index in [0.717, 1.165) is 6.54 Å². The van der Waals surface area contributed by atoms with Gasteiger partial charge in [-0.15, -0.1) is 0 Å². The Kier molecular flexibility index (Phi) is 4.97. The van der Waals surface area contributed by atoms with Gasteiger partial charge in [0.05, 0.1) is 0 Å². The third-order valence-corrected chi connectivity index (χ3v) is 2.35. The van der Waals surface area contributed by atoms with E-state index in [-0.39, 0.29) is 0 Å². The molecule has 0 heterocycles. The Morgan fingerprint density at radius 1 is 1.29 bits per heavy atom. The highest BCUT2D eigenvalue weighted by Crippen LogP contribution is 2.13. The first kappa shape index (κ1) is 13.5. The molecule has 0 saturated carbocycles. The van der Waals surface area contributed by atoms with E-state index in [2.05, 4.69) is 19.2 Å². The molecule has 0 bridgehead atoms. The minimum atomic E-state index is -0.602. The molecule has 0 aliphatic carbocycles. The summed E-state index contributed by atoms with van der Waals surface area (Å²) in [4.78, 5) is 10.8. The van der Waals surface area contributed by atoms with Crippen molar-refractivity contribution < 1.29 is 9.53 Å². The third kappa shape index (κ3) is 4.87. The lowest BCUT2D eigenvalue weighted by Crippen LogP contribution is -2.30. The van der Waals surface area contributed by atoms with Crippen molar-refractivity contribution in [3.05, 3.63) is 29.8 Å². The first-order valence-corrected chi connectivity index (χ1v) is 5.77. The number of hydrogen-bond acceptors (Lipinski definition) is 3. The fraction of sp³-hybridized carbons (Fsp3) is 0.462. The highest BCUT2D eigenvalue weighted by atomic mass is 16.5. The summed E-state index contributed by atoms with van der Waals surface area (Å²) in [6, 6.07) is 8.09. The Bertz CT molecular complexity index is 360. The zero-order chi connectivity index (χ0) is 12.8. The van der Waals surface area contributed by atoms with Crippen molar-refractivity contribution in [1.82, 2.24) is 5.32 Å². The van der Waals surface area contributed by atoms with Gasteiger partial charge in [-0.05, 0) is 24.6 Å². The minimum absolute atomic E-state index is 0.459. The Morgan fingerprint density at radius 3 is 2.35 bits per heavy atom. The lowest BCUT2D eigenvalue weighted by atomic mass is 10.2. The van der Waals surface area contributed by atoms with Crippen molar-refractivity contribution in [2.24, 2.45) is 5.73 Å². The van der Waals surface area contributed by atoms with Gasteiger partial charge in [0.2, 0.25) is 0 Å². The van der Waals surface area contributed by atoms with Crippen LogP contribution in [0.3, 0.4) is 0 Å². The molecule has 0 radical (unpaired) electrons. The standard InChI is InChI=1S/C13H20N2O2/c1-9(2)15-8-11-4-6-12(7-5-11)17-10(3)13(14)16/h4-7,9-10,15H,8H2,1-3H3,(H2,14,16). The van der Waals surface area contributed by atoms with E-state index < -0.39 is 12.0 Å². The largest absolute Gasteiger partial charge is 0.481 e. The molecule has 1 amide bonds. The molecule has 1 unspecified atom stereocenters. The summed E-state index contributed by atoms with van der Waals surface area (Å²) < 4.78 is 5.36. The monoisotopic (exact) mass is 236 g/mol. The number of amides is 1. The van der Waals surface area contributed by atoms with E-state index in [1.807, 2.05) is 24.3 Å². The number of primary amides is 1. The smallest absolute Gasteiger partial charge is 0.258 e. The molecule has 1 aromatic carbocycles. The summed E-state index contributed by atoms with van der Waals surface area (Å²) in [5.41, 5.74) is 6.30. The quantitative estimate of drug-likeness (QED) is 0.785. The highest BCUT2D eigenvalue weighted by molar-refractivity contribution is 5.78. The number of carbonyl (C=O) groups excluding carboxylic acids is 1. The van der Waals surface area contributed by atoms with E-state index in [1.54, 1.807) is 6.92 Å². The number of nitrogens with one attached hydrogen (secondary N) is 1. The molecular formula is C13H20N2O2. The molecule has 1 rings (SSSR count). The van der Waals surface area contributed by atoms with Crippen LogP contribution in [-0.2, 0) is 11.3 Å². The van der Waals surface area contributed by atoms with Crippen molar-refractivity contribution in [3.63, 3.8) is 0 Å². The van der Waals surface area contributed by atoms with E-state index in [4.69, 9.17) is 10.5 Å². The summed E-state index contributed by atoms with van der Waals surface area (Å²) in [6.45, 7) is 6.66. The lowest BCUT2D eigenvalue weighted by molar-refractivity contribution is -0.123. The van der Waals surface area contributed by atoms with Gasteiger partial charge >= 0.3 is 0 Å². The molecule has 1 aromatic rings. The fourth-order valence-corrected chi connectivity index (χ4v) is 1.27. The first-order valence-electron chi connectivity index (χ1n) is 5.77. The highest BCUT2D eigenvalue weighted by Gasteiger charge is 2.09. The van der Waals surface area contributed by atoms with Crippen LogP contribution in [0.2, 0.25) is 0 Å². The van der Waals surface area contributed by atoms with E-state index in [0.29, 0.717) is 11.8 Å². The van der Waals surface area contributed by atoms with E-state index in [9.17, 15) is 4.79 Å². The van der Waals surface area contributed by atoms with Gasteiger partial charge in [-0.3, -0.25) is 4.79 Å². The molecular weight excluding hydrogens is 216 g/mol. The SMILES string of the molecule is CC(C)NCc1ccc(OC(C)C(N)=O)cc1. The number of carbonyl (C=O) groups is 1. The Labute approximate surface area is 102 Å². The molecule has 94 valence electrons. The zero-order valence-electron chi connectivity index (χ0n) is 10.6. The van der Waals surface area contributed by atoms with Gasteiger partial charge in [0.1, 0.15) is 5.75 Å². The molecule has 1 atom stereocenters. The molecule has 0 aromatic heterocycles. The van der Waals surface area contributed by atoms with Crippen LogP contribution in [0.25, 0.3) is 0 Å². The Balaban J connectivity index is 2.53. The molecule has 17 heavy (non-hydrogen) atoms. The van der Waals surface area contributed by atoms with E-state index in [1.165, 1.54) is 5.56 Å². The molecule has 4 nitrogen and oxygen atoms in total. The van der Waals surface area contributed by atoms with Gasteiger partial charge in [-0.25, -0.2) is 0 Å². The van der Waals surface area contributed by atoms with Crippen molar-refractivity contribution in [2.45, 2.75) is 39.5 Å². The number of ether oxygens (including phenoxy) is 1. The van der Waals surface area contributed by atoms with Gasteiger partial charge in [-0.1, -0.05) is 26.0 Å². The number of nitrogens with two attached hydrogens (primary N) is 1. The van der Waals surface area contributed by atoms with E-state index >= 15 is 0 Å². The molecule has 0 fully saturated rings. The number of hydrogen-bond donors (Lipinski definition) is 2. The van der Waals surface area contributed by atoms with Crippen LogP contribution >= 0.6 is 0 Å². The van der Waals surface area contributed by atoms with Gasteiger partial charge in [0.15, 0.2) is 6.10 Å². The van der Waals surface area contributed by atoms with Crippen molar-refractivity contribution >= 4 is 5.91 Å². The normalized spacial score (nSPS) is 12.5. The molecule has 4 heteroatoms. The number of rotatable bonds is 6. The molecule has 0 aliphatic heterocycles. The summed E-state index contributed by atoms with van der Waals surface area (Å²) >= 11 is 0. The van der Waals surface area contributed by atoms with Crippen LogP contribution in [-0.4, -0.2) is 18.1 Å². The van der Waals surface area contributed by atoms with Gasteiger partial charge in [-0.2, -0.15) is 0 Å². The lowest BCUT2D eigenvalue weighted by Gasteiger charge is -2.12. The zero-order valence-corrected chi connectivity index (χ0v) is 10.6. The Hall–Kier alpha value is -1.55. The predicted molar refractivity (Wildman–Crippen MR) is 67.7 cm³/mol. The van der Waals surface area contributed by atoms with Crippen LogP contribution < -0.4 is 15.8 Å². The summed E-state index contributed by atoms with van der Waals surface area (Å²) in [5.74, 6) is 0.195. The average molecular weight is 236 g/mol. The fourth-order valence-electron chi connectivity index (χ4n) is 1.27. The minimum Gasteiger partial charge on any atom is -0.481 e. The second-order valence-electron chi connectivity index (χ2n) is 4.34. The summed E-state index contributed by atoms with van der Waals surface area (Å²) in [5, 5.41) is 3.33. The number of benzene rings is 1. The summed E-state index contributed by atoms with van der Waals surface area (Å²) in [6.07, 6.45) is -0.602. The maximum absolute atomic E-state index is 10.8. The maximum Gasteiger partial charge on any atom is 0.258 e. The van der Waals surface area contributed by atoms with Crippen molar-refractivity contribution in [2.75, 3.05) is 0 Å². The van der Waals surface area contributed by atoms with Crippen LogP contribution in [0, 0.1) is 0 Å². The van der Waals surface area contributed by atoms with Crippen molar-refractivity contribution in [1.29, 1.82) is 0 Å². The van der Waals surface area contributed by atoms with Crippen LogP contribution in [0.15, 0.2) is 24.3 Å². The molecule has 0 saturated heterocycles. The van der Waals surface area contributed by atoms with Gasteiger partial charge in [0.25, 0.3) is 5.91 Å². The average Bonchev–Trinajstić information content (AvgIpc) is 2.28. The first-order chi connectivity index (χ1) is 7.99. The second kappa shape index (κ2) is 6.25. The predicted octanol–water partition coefficient (Wildman–Crippen LogP) is 1.44. The molecule has 0 spiro atoms. The third-order valence-electron chi connectivity index (χ3n) is 2.35. The van der Waals surface area contributed by atoms with Crippen LogP contribution in [0.5, 0.6) is 5.75 Å². The topological polar surface area (TPSA) is 64.3 Å². The Morgan fingerprint density at radius 2 is 1.88 bits per heavy atom. The molecule has 3 N–H and O–H groups in total. The summed E-state index contributed by atoms with van der Waals surface area (Å²) in [7, 11) is 0.